The fourth-order valence-corrected chi connectivity index (χ4v) is 1.20. The van der Waals surface area contributed by atoms with E-state index >= 15 is 0 Å². The van der Waals surface area contributed by atoms with Gasteiger partial charge in [-0.25, -0.2) is 9.59 Å². The van der Waals surface area contributed by atoms with Gasteiger partial charge < -0.3 is 26.6 Å². The second-order valence-electron chi connectivity index (χ2n) is 3.67. The quantitative estimate of drug-likeness (QED) is 0.505. The highest BCUT2D eigenvalue weighted by Gasteiger charge is 2.12. The summed E-state index contributed by atoms with van der Waals surface area (Å²) in [6.07, 6.45) is 0. The van der Waals surface area contributed by atoms with Crippen LogP contribution < -0.4 is 16.4 Å². The summed E-state index contributed by atoms with van der Waals surface area (Å²) < 4.78 is 0. The molecule has 1 aromatic rings. The predicted octanol–water partition coefficient (Wildman–Crippen LogP) is -0.0818. The average molecular weight is 267 g/mol. The topological polar surface area (TPSA) is 142 Å². The number of hydrogen-bond acceptors (Lipinski definition) is 4. The molecule has 0 aromatic heterocycles. The van der Waals surface area contributed by atoms with E-state index in [2.05, 4.69) is 10.6 Å². The molecule has 8 nitrogen and oxygen atoms in total. The number of hydrogen-bond donors (Lipinski definition) is 5. The van der Waals surface area contributed by atoms with E-state index in [4.69, 9.17) is 15.9 Å². The van der Waals surface area contributed by atoms with Crippen LogP contribution in [-0.4, -0.2) is 40.8 Å². The standard InChI is InChI=1S/C11H13N3O5/c12-8(10(17)18)5-13-11(19)14-7-3-1-2-6(4-7)9(15)16/h1-4,8H,5,12H2,(H,15,16)(H,17,18)(H2,13,14,19)/t8-/m0/s1. The molecule has 0 aliphatic carbocycles. The van der Waals surface area contributed by atoms with Crippen LogP contribution in [0, 0.1) is 0 Å². The number of carboxylic acids is 2. The number of anilines is 1. The molecule has 0 unspecified atom stereocenters. The number of rotatable bonds is 5. The largest absolute Gasteiger partial charge is 0.480 e. The number of nitrogens with one attached hydrogen (secondary N) is 2. The van der Waals surface area contributed by atoms with Crippen LogP contribution >= 0.6 is 0 Å². The van der Waals surface area contributed by atoms with E-state index in [0.29, 0.717) is 0 Å². The molecule has 19 heavy (non-hydrogen) atoms. The number of aromatic carboxylic acids is 1. The van der Waals surface area contributed by atoms with Crippen LogP contribution in [-0.2, 0) is 4.79 Å². The van der Waals surface area contributed by atoms with Gasteiger partial charge in [0.05, 0.1) is 5.56 Å². The Hall–Kier alpha value is -2.61. The summed E-state index contributed by atoms with van der Waals surface area (Å²) in [5, 5.41) is 21.9. The highest BCUT2D eigenvalue weighted by molar-refractivity contribution is 5.93. The average Bonchev–Trinajstić information content (AvgIpc) is 2.36. The molecule has 6 N–H and O–H groups in total. The third-order valence-electron chi connectivity index (χ3n) is 2.17. The molecule has 2 amide bonds. The first-order chi connectivity index (χ1) is 8.90. The van der Waals surface area contributed by atoms with Gasteiger partial charge in [-0.3, -0.25) is 4.79 Å². The van der Waals surface area contributed by atoms with Gasteiger partial charge in [-0.1, -0.05) is 6.07 Å². The molecule has 1 rings (SSSR count). The summed E-state index contributed by atoms with van der Waals surface area (Å²) in [6.45, 7) is -0.236. The summed E-state index contributed by atoms with van der Waals surface area (Å²) in [5.74, 6) is -2.34. The lowest BCUT2D eigenvalue weighted by Gasteiger charge is -2.10. The van der Waals surface area contributed by atoms with E-state index in [9.17, 15) is 14.4 Å². The number of carboxylic acid groups (broad SMARTS) is 2. The molecule has 0 spiro atoms. The Kier molecular flexibility index (Phi) is 4.84. The molecule has 0 heterocycles. The van der Waals surface area contributed by atoms with Crippen molar-refractivity contribution >= 4 is 23.7 Å². The van der Waals surface area contributed by atoms with Gasteiger partial charge in [0.15, 0.2) is 0 Å². The minimum atomic E-state index is -1.23. The Bertz CT molecular complexity index is 503. The van der Waals surface area contributed by atoms with Crippen LogP contribution in [0.15, 0.2) is 24.3 Å². The number of carbonyl (C=O) groups is 3. The van der Waals surface area contributed by atoms with Crippen LogP contribution in [0.1, 0.15) is 10.4 Å². The van der Waals surface area contributed by atoms with Crippen molar-refractivity contribution < 1.29 is 24.6 Å². The van der Waals surface area contributed by atoms with Crippen molar-refractivity contribution in [3.05, 3.63) is 29.8 Å². The summed E-state index contributed by atoms with van der Waals surface area (Å²) >= 11 is 0. The molecule has 0 radical (unpaired) electrons. The van der Waals surface area contributed by atoms with Gasteiger partial charge in [0.25, 0.3) is 0 Å². The predicted molar refractivity (Wildman–Crippen MR) is 66.0 cm³/mol. The lowest BCUT2D eigenvalue weighted by Crippen LogP contribution is -2.43. The molecule has 0 saturated carbocycles. The first kappa shape index (κ1) is 14.5. The SMILES string of the molecule is N[C@@H](CNC(=O)Nc1cccc(C(=O)O)c1)C(=O)O. The van der Waals surface area contributed by atoms with Crippen LogP contribution in [0.4, 0.5) is 10.5 Å². The van der Waals surface area contributed by atoms with Gasteiger partial charge in [-0.05, 0) is 18.2 Å². The van der Waals surface area contributed by atoms with Crippen molar-refractivity contribution in [1.82, 2.24) is 5.32 Å². The van der Waals surface area contributed by atoms with Crippen molar-refractivity contribution in [2.45, 2.75) is 6.04 Å². The number of urea groups is 1. The highest BCUT2D eigenvalue weighted by Crippen LogP contribution is 2.10. The fraction of sp³-hybridized carbons (Fsp3) is 0.182. The maximum atomic E-state index is 11.4. The van der Waals surface area contributed by atoms with E-state index in [0.717, 1.165) is 0 Å². The molecule has 0 bridgehead atoms. The number of amides is 2. The highest BCUT2D eigenvalue weighted by atomic mass is 16.4. The van der Waals surface area contributed by atoms with Crippen LogP contribution in [0.3, 0.4) is 0 Å². The zero-order valence-electron chi connectivity index (χ0n) is 9.79. The minimum absolute atomic E-state index is 0.0278. The summed E-state index contributed by atoms with van der Waals surface area (Å²) in [7, 11) is 0. The number of carbonyl (C=O) groups excluding carboxylic acids is 1. The number of aliphatic carboxylic acids is 1. The van der Waals surface area contributed by atoms with E-state index in [-0.39, 0.29) is 17.8 Å². The molecule has 102 valence electrons. The van der Waals surface area contributed by atoms with Crippen LogP contribution in [0.5, 0.6) is 0 Å². The first-order valence-electron chi connectivity index (χ1n) is 5.26. The Morgan fingerprint density at radius 2 is 1.95 bits per heavy atom. The van der Waals surface area contributed by atoms with Gasteiger partial charge in [-0.2, -0.15) is 0 Å². The Balaban J connectivity index is 2.55. The zero-order chi connectivity index (χ0) is 14.4. The Morgan fingerprint density at radius 3 is 2.53 bits per heavy atom. The second kappa shape index (κ2) is 6.36. The van der Waals surface area contributed by atoms with Crippen molar-refractivity contribution in [3.8, 4) is 0 Å². The molecular weight excluding hydrogens is 254 g/mol. The van der Waals surface area contributed by atoms with Crippen molar-refractivity contribution in [1.29, 1.82) is 0 Å². The van der Waals surface area contributed by atoms with E-state index in [1.807, 2.05) is 0 Å². The third kappa shape index (κ3) is 4.64. The van der Waals surface area contributed by atoms with Gasteiger partial charge in [0.1, 0.15) is 6.04 Å². The molecule has 0 aliphatic rings. The Morgan fingerprint density at radius 1 is 1.26 bits per heavy atom. The number of benzene rings is 1. The molecule has 0 fully saturated rings. The second-order valence-corrected chi connectivity index (χ2v) is 3.67. The van der Waals surface area contributed by atoms with E-state index < -0.39 is 24.0 Å². The smallest absolute Gasteiger partial charge is 0.335 e. The summed E-state index contributed by atoms with van der Waals surface area (Å²) in [5.41, 5.74) is 5.51. The van der Waals surface area contributed by atoms with Crippen LogP contribution in [0.25, 0.3) is 0 Å². The van der Waals surface area contributed by atoms with Gasteiger partial charge >= 0.3 is 18.0 Å². The molecule has 1 atom stereocenters. The third-order valence-corrected chi connectivity index (χ3v) is 2.17. The van der Waals surface area contributed by atoms with Gasteiger partial charge in [-0.15, -0.1) is 0 Å². The summed E-state index contributed by atoms with van der Waals surface area (Å²) in [4.78, 5) is 32.5. The maximum absolute atomic E-state index is 11.4. The molecule has 0 saturated heterocycles. The minimum Gasteiger partial charge on any atom is -0.480 e. The Labute approximate surface area is 108 Å². The van der Waals surface area contributed by atoms with E-state index in [1.54, 1.807) is 0 Å². The van der Waals surface area contributed by atoms with Gasteiger partial charge in [0, 0.05) is 12.2 Å². The molecule has 0 aliphatic heterocycles. The van der Waals surface area contributed by atoms with Gasteiger partial charge in [0.2, 0.25) is 0 Å². The molecule has 1 aromatic carbocycles. The van der Waals surface area contributed by atoms with E-state index in [1.165, 1.54) is 24.3 Å². The number of nitrogens with two attached hydrogens (primary N) is 1. The maximum Gasteiger partial charge on any atom is 0.335 e. The molecule has 8 heteroatoms. The lowest BCUT2D eigenvalue weighted by molar-refractivity contribution is -0.138. The fourth-order valence-electron chi connectivity index (χ4n) is 1.20. The molecular formula is C11H13N3O5. The first-order valence-corrected chi connectivity index (χ1v) is 5.26. The van der Waals surface area contributed by atoms with Crippen molar-refractivity contribution in [2.24, 2.45) is 5.73 Å². The lowest BCUT2D eigenvalue weighted by atomic mass is 10.2. The van der Waals surface area contributed by atoms with Crippen LogP contribution in [0.2, 0.25) is 0 Å². The van der Waals surface area contributed by atoms with Crippen molar-refractivity contribution in [2.75, 3.05) is 11.9 Å². The zero-order valence-corrected chi connectivity index (χ0v) is 9.79. The van der Waals surface area contributed by atoms with Crippen molar-refractivity contribution in [3.63, 3.8) is 0 Å². The normalized spacial score (nSPS) is 11.4. The summed E-state index contributed by atoms with van der Waals surface area (Å²) in [6, 6.07) is 3.77. The monoisotopic (exact) mass is 267 g/mol.